The summed E-state index contributed by atoms with van der Waals surface area (Å²) in [5.74, 6) is 0.870. The summed E-state index contributed by atoms with van der Waals surface area (Å²) >= 11 is 0. The Bertz CT molecular complexity index is 382. The smallest absolute Gasteiger partial charge is 0.250 e. The van der Waals surface area contributed by atoms with Gasteiger partial charge in [-0.15, -0.1) is 0 Å². The number of hydrogen-bond donors (Lipinski definition) is 2. The summed E-state index contributed by atoms with van der Waals surface area (Å²) in [6.45, 7) is 11.3. The maximum atomic E-state index is 9.62. The summed E-state index contributed by atoms with van der Waals surface area (Å²) in [5.41, 5.74) is 6.26. The summed E-state index contributed by atoms with van der Waals surface area (Å²) < 4.78 is 6.16. The van der Waals surface area contributed by atoms with Crippen LogP contribution >= 0.6 is 0 Å². The highest BCUT2D eigenvalue weighted by Gasteiger charge is 2.38. The number of benzene rings is 1. The summed E-state index contributed by atoms with van der Waals surface area (Å²) in [4.78, 5) is 0. The summed E-state index contributed by atoms with van der Waals surface area (Å²) in [6.07, 6.45) is -0.591. The van der Waals surface area contributed by atoms with Crippen molar-refractivity contribution in [3.8, 4) is 5.75 Å². The SMILES string of the molecule is CC(C)(C)[Si](C)(C)Oc1ccc(C(O)CN)cc1. The third-order valence-electron chi connectivity index (χ3n) is 3.67. The van der Waals surface area contributed by atoms with Gasteiger partial charge in [-0.3, -0.25) is 0 Å². The maximum absolute atomic E-state index is 9.62. The van der Waals surface area contributed by atoms with Gasteiger partial charge in [0.05, 0.1) is 6.10 Å². The molecule has 1 rings (SSSR count). The first-order valence-corrected chi connectivity index (χ1v) is 9.25. The summed E-state index contributed by atoms with van der Waals surface area (Å²) in [5, 5.41) is 9.81. The number of aliphatic hydroxyl groups excluding tert-OH is 1. The van der Waals surface area contributed by atoms with Crippen LogP contribution in [0, 0.1) is 0 Å². The number of aliphatic hydroxyl groups is 1. The van der Waals surface area contributed by atoms with Crippen LogP contribution in [0.4, 0.5) is 0 Å². The van der Waals surface area contributed by atoms with Gasteiger partial charge in [-0.05, 0) is 35.8 Å². The minimum atomic E-state index is -1.79. The van der Waals surface area contributed by atoms with E-state index in [0.717, 1.165) is 11.3 Å². The Hall–Kier alpha value is -0.843. The van der Waals surface area contributed by atoms with Gasteiger partial charge in [0, 0.05) is 6.54 Å². The second-order valence-corrected chi connectivity index (χ2v) is 10.9. The molecule has 1 atom stereocenters. The van der Waals surface area contributed by atoms with Crippen molar-refractivity contribution in [2.45, 2.75) is 45.0 Å². The molecule has 4 heteroatoms. The van der Waals surface area contributed by atoms with Gasteiger partial charge in [0.15, 0.2) is 0 Å². The van der Waals surface area contributed by atoms with E-state index in [1.54, 1.807) is 0 Å². The van der Waals surface area contributed by atoms with Crippen molar-refractivity contribution in [2.24, 2.45) is 5.73 Å². The van der Waals surface area contributed by atoms with Crippen LogP contribution in [0.25, 0.3) is 0 Å². The third kappa shape index (κ3) is 3.57. The molecule has 0 saturated carbocycles. The van der Waals surface area contributed by atoms with Gasteiger partial charge in [-0.25, -0.2) is 0 Å². The van der Waals surface area contributed by atoms with Crippen LogP contribution in [-0.4, -0.2) is 20.0 Å². The zero-order chi connectivity index (χ0) is 14.0. The van der Waals surface area contributed by atoms with Crippen LogP contribution in [-0.2, 0) is 0 Å². The largest absolute Gasteiger partial charge is 0.544 e. The normalized spacial score (nSPS) is 14.4. The van der Waals surface area contributed by atoms with Crippen molar-refractivity contribution in [1.29, 1.82) is 0 Å². The van der Waals surface area contributed by atoms with Crippen LogP contribution in [0.1, 0.15) is 32.4 Å². The van der Waals surface area contributed by atoms with Crippen LogP contribution in [0.5, 0.6) is 5.75 Å². The van der Waals surface area contributed by atoms with E-state index in [-0.39, 0.29) is 11.6 Å². The van der Waals surface area contributed by atoms with Crippen molar-refractivity contribution in [1.82, 2.24) is 0 Å². The molecule has 18 heavy (non-hydrogen) atoms. The zero-order valence-electron chi connectivity index (χ0n) is 12.0. The molecule has 0 heterocycles. The summed E-state index contributed by atoms with van der Waals surface area (Å²) in [7, 11) is -1.79. The van der Waals surface area contributed by atoms with Crippen LogP contribution < -0.4 is 10.2 Å². The molecule has 3 N–H and O–H groups in total. The van der Waals surface area contributed by atoms with Gasteiger partial charge in [0.2, 0.25) is 8.32 Å². The molecule has 1 unspecified atom stereocenters. The van der Waals surface area contributed by atoms with E-state index in [2.05, 4.69) is 33.9 Å². The third-order valence-corrected chi connectivity index (χ3v) is 8.03. The van der Waals surface area contributed by atoms with E-state index in [1.807, 2.05) is 24.3 Å². The van der Waals surface area contributed by atoms with Crippen molar-refractivity contribution < 1.29 is 9.53 Å². The predicted molar refractivity (Wildman–Crippen MR) is 78.3 cm³/mol. The van der Waals surface area contributed by atoms with Crippen LogP contribution in [0.3, 0.4) is 0 Å². The Morgan fingerprint density at radius 3 is 2.11 bits per heavy atom. The van der Waals surface area contributed by atoms with E-state index >= 15 is 0 Å². The molecule has 0 radical (unpaired) electrons. The minimum Gasteiger partial charge on any atom is -0.544 e. The highest BCUT2D eigenvalue weighted by Crippen LogP contribution is 2.37. The fourth-order valence-corrected chi connectivity index (χ4v) is 2.37. The number of hydrogen-bond acceptors (Lipinski definition) is 3. The van der Waals surface area contributed by atoms with Gasteiger partial charge in [-0.2, -0.15) is 0 Å². The number of rotatable bonds is 4. The Morgan fingerprint density at radius 2 is 1.72 bits per heavy atom. The topological polar surface area (TPSA) is 55.5 Å². The molecular weight excluding hydrogens is 242 g/mol. The minimum absolute atomic E-state index is 0.183. The van der Waals surface area contributed by atoms with E-state index in [1.165, 1.54) is 0 Å². The quantitative estimate of drug-likeness (QED) is 0.824. The monoisotopic (exact) mass is 267 g/mol. The van der Waals surface area contributed by atoms with E-state index in [9.17, 15) is 5.11 Å². The first kappa shape index (κ1) is 15.2. The molecule has 0 aliphatic rings. The molecule has 1 aromatic rings. The van der Waals surface area contributed by atoms with E-state index in [4.69, 9.17) is 10.2 Å². The van der Waals surface area contributed by atoms with Crippen LogP contribution in [0.2, 0.25) is 18.1 Å². The van der Waals surface area contributed by atoms with E-state index < -0.39 is 14.4 Å². The van der Waals surface area contributed by atoms with Crippen molar-refractivity contribution in [2.75, 3.05) is 6.54 Å². The highest BCUT2D eigenvalue weighted by atomic mass is 28.4. The Labute approximate surface area is 111 Å². The molecule has 3 nitrogen and oxygen atoms in total. The molecule has 1 aromatic carbocycles. The summed E-state index contributed by atoms with van der Waals surface area (Å²) in [6, 6.07) is 7.57. The fourth-order valence-electron chi connectivity index (χ4n) is 1.34. The lowest BCUT2D eigenvalue weighted by Gasteiger charge is -2.36. The standard InChI is InChI=1S/C14H25NO2Si/c1-14(2,3)18(4,5)17-12-8-6-11(7-9-12)13(16)10-15/h6-9,13,16H,10,15H2,1-5H3. The van der Waals surface area contributed by atoms with Crippen molar-refractivity contribution in [3.05, 3.63) is 29.8 Å². The van der Waals surface area contributed by atoms with E-state index in [0.29, 0.717) is 0 Å². The Morgan fingerprint density at radius 1 is 1.22 bits per heavy atom. The fraction of sp³-hybridized carbons (Fsp3) is 0.571. The lowest BCUT2D eigenvalue weighted by molar-refractivity contribution is 0.186. The molecule has 0 spiro atoms. The average Bonchev–Trinajstić information content (AvgIpc) is 2.27. The maximum Gasteiger partial charge on any atom is 0.250 e. The molecule has 0 fully saturated rings. The molecule has 0 amide bonds. The highest BCUT2D eigenvalue weighted by molar-refractivity contribution is 6.74. The Balaban J connectivity index is 2.81. The molecule has 0 saturated heterocycles. The predicted octanol–water partition coefficient (Wildman–Crippen LogP) is 3.06. The average molecular weight is 267 g/mol. The van der Waals surface area contributed by atoms with Gasteiger partial charge in [0.1, 0.15) is 5.75 Å². The zero-order valence-corrected chi connectivity index (χ0v) is 13.0. The first-order chi connectivity index (χ1) is 8.17. The van der Waals surface area contributed by atoms with Gasteiger partial charge >= 0.3 is 0 Å². The van der Waals surface area contributed by atoms with Crippen LogP contribution in [0.15, 0.2) is 24.3 Å². The van der Waals surface area contributed by atoms with Gasteiger partial charge < -0.3 is 15.3 Å². The van der Waals surface area contributed by atoms with Crippen molar-refractivity contribution >= 4 is 8.32 Å². The molecule has 102 valence electrons. The molecule has 0 bridgehead atoms. The lowest BCUT2D eigenvalue weighted by Crippen LogP contribution is -2.43. The second kappa shape index (κ2) is 5.43. The van der Waals surface area contributed by atoms with Gasteiger partial charge in [0.25, 0.3) is 0 Å². The molecular formula is C14H25NO2Si. The first-order valence-electron chi connectivity index (χ1n) is 6.34. The number of nitrogens with two attached hydrogens (primary N) is 1. The molecule has 0 aromatic heterocycles. The van der Waals surface area contributed by atoms with Crippen molar-refractivity contribution in [3.63, 3.8) is 0 Å². The lowest BCUT2D eigenvalue weighted by atomic mass is 10.1. The van der Waals surface area contributed by atoms with Gasteiger partial charge in [-0.1, -0.05) is 32.9 Å². The Kier molecular flexibility index (Phi) is 4.59. The molecule has 0 aliphatic heterocycles. The molecule has 0 aliphatic carbocycles. The second-order valence-electron chi connectivity index (χ2n) is 6.18.